The molecule has 0 spiro atoms. The number of carbonyl (C=O) groups excluding carboxylic acids is 2. The van der Waals surface area contributed by atoms with Gasteiger partial charge in [-0.2, -0.15) is 0 Å². The Morgan fingerprint density at radius 1 is 1.00 bits per heavy atom. The Hall–Kier alpha value is -3.03. The van der Waals surface area contributed by atoms with Gasteiger partial charge in [-0.3, -0.25) is 4.79 Å². The first-order chi connectivity index (χ1) is 15.3. The van der Waals surface area contributed by atoms with Crippen molar-refractivity contribution in [1.29, 1.82) is 0 Å². The fourth-order valence-corrected chi connectivity index (χ4v) is 3.79. The lowest BCUT2D eigenvalue weighted by Crippen LogP contribution is -2.56. The number of hydrogen-bond donors (Lipinski definition) is 0. The van der Waals surface area contributed by atoms with E-state index < -0.39 is 17.9 Å². The fourth-order valence-electron chi connectivity index (χ4n) is 3.79. The molecule has 0 heterocycles. The summed E-state index contributed by atoms with van der Waals surface area (Å²) in [5, 5.41) is 11.9. The second kappa shape index (κ2) is 10.3. The summed E-state index contributed by atoms with van der Waals surface area (Å²) in [4.78, 5) is 24.3. The predicted octanol–water partition coefficient (Wildman–Crippen LogP) is 4.95. The summed E-state index contributed by atoms with van der Waals surface area (Å²) in [6, 6.07) is 8.48. The molecule has 2 rings (SSSR count). The second-order valence-corrected chi connectivity index (χ2v) is 8.34. The van der Waals surface area contributed by atoms with Crippen molar-refractivity contribution in [3.8, 4) is 11.5 Å². The van der Waals surface area contributed by atoms with E-state index in [1.165, 1.54) is 12.1 Å². The van der Waals surface area contributed by atoms with Crippen molar-refractivity contribution >= 4 is 11.8 Å². The van der Waals surface area contributed by atoms with Crippen LogP contribution < -0.4 is 14.6 Å². The lowest BCUT2D eigenvalue weighted by molar-refractivity contribution is -0.325. The van der Waals surface area contributed by atoms with E-state index in [1.807, 2.05) is 26.0 Å². The fraction of sp³-hybridized carbons (Fsp3) is 0.440. The molecule has 0 saturated carbocycles. The van der Waals surface area contributed by atoms with Gasteiger partial charge < -0.3 is 19.4 Å². The molecule has 8 heteroatoms. The van der Waals surface area contributed by atoms with Gasteiger partial charge in [0.1, 0.15) is 11.5 Å². The number of alkyl halides is 3. The van der Waals surface area contributed by atoms with Crippen molar-refractivity contribution in [2.45, 2.75) is 65.8 Å². The summed E-state index contributed by atoms with van der Waals surface area (Å²) < 4.78 is 46.6. The predicted molar refractivity (Wildman–Crippen MR) is 115 cm³/mol. The topological polar surface area (TPSA) is 75.7 Å². The standard InChI is InChI=1S/C25H29F3O5/c1-6-24(15(2)3,23(30)31)33-22-16(4)13-18(14-17(22)5)7-12-21(29)19-8-10-20(11-9-19)32-25(26,27)28/h8-11,13-15H,6-7,12H2,1-5H3,(H,30,31)/p-1. The van der Waals surface area contributed by atoms with Gasteiger partial charge >= 0.3 is 6.36 Å². The zero-order valence-electron chi connectivity index (χ0n) is 19.3. The molecule has 1 atom stereocenters. The number of halogens is 3. The molecule has 180 valence electrons. The quantitative estimate of drug-likeness (QED) is 0.464. The number of ether oxygens (including phenoxy) is 2. The molecule has 0 saturated heterocycles. The SMILES string of the molecule is CCC(Oc1c(C)cc(CCC(=O)c2ccc(OC(F)(F)F)cc2)cc1C)(C(=O)[O-])C(C)C. The van der Waals surface area contributed by atoms with Crippen LogP contribution in [0.2, 0.25) is 0 Å². The van der Waals surface area contributed by atoms with Crippen molar-refractivity contribution in [2.75, 3.05) is 0 Å². The Bertz CT molecular complexity index is 973. The van der Waals surface area contributed by atoms with Gasteiger partial charge in [-0.1, -0.05) is 32.9 Å². The number of carboxylic acid groups (broad SMARTS) is 1. The van der Waals surface area contributed by atoms with Crippen LogP contribution in [0.4, 0.5) is 13.2 Å². The van der Waals surface area contributed by atoms with E-state index >= 15 is 0 Å². The van der Waals surface area contributed by atoms with E-state index in [0.717, 1.165) is 28.8 Å². The van der Waals surface area contributed by atoms with Crippen molar-refractivity contribution in [1.82, 2.24) is 0 Å². The summed E-state index contributed by atoms with van der Waals surface area (Å²) >= 11 is 0. The third-order valence-electron chi connectivity index (χ3n) is 5.66. The number of rotatable bonds is 10. The normalized spacial score (nSPS) is 13.5. The van der Waals surface area contributed by atoms with Crippen LogP contribution in [0.1, 0.15) is 60.7 Å². The molecule has 0 amide bonds. The highest BCUT2D eigenvalue weighted by Gasteiger charge is 2.37. The van der Waals surface area contributed by atoms with E-state index in [2.05, 4.69) is 4.74 Å². The Balaban J connectivity index is 2.12. The largest absolute Gasteiger partial charge is 0.573 e. The van der Waals surface area contributed by atoms with Crippen molar-refractivity contribution in [3.05, 3.63) is 58.7 Å². The Morgan fingerprint density at radius 3 is 1.97 bits per heavy atom. The first kappa shape index (κ1) is 26.2. The zero-order valence-corrected chi connectivity index (χ0v) is 19.3. The summed E-state index contributed by atoms with van der Waals surface area (Å²) in [5.41, 5.74) is 1.19. The van der Waals surface area contributed by atoms with Crippen molar-refractivity contribution < 1.29 is 37.3 Å². The van der Waals surface area contributed by atoms with Gasteiger partial charge in [0, 0.05) is 12.0 Å². The van der Waals surface area contributed by atoms with Crippen LogP contribution in [0.3, 0.4) is 0 Å². The van der Waals surface area contributed by atoms with Gasteiger partial charge in [-0.05, 0) is 73.6 Å². The van der Waals surface area contributed by atoms with E-state index in [4.69, 9.17) is 4.74 Å². The molecule has 33 heavy (non-hydrogen) atoms. The highest BCUT2D eigenvalue weighted by Crippen LogP contribution is 2.34. The van der Waals surface area contributed by atoms with Crippen LogP contribution >= 0.6 is 0 Å². The van der Waals surface area contributed by atoms with Crippen LogP contribution in [0.25, 0.3) is 0 Å². The van der Waals surface area contributed by atoms with Crippen LogP contribution in [0, 0.1) is 19.8 Å². The van der Waals surface area contributed by atoms with E-state index in [-0.39, 0.29) is 35.9 Å². The van der Waals surface area contributed by atoms with Gasteiger partial charge in [-0.15, -0.1) is 13.2 Å². The van der Waals surface area contributed by atoms with Gasteiger partial charge in [0.05, 0.1) is 5.97 Å². The van der Waals surface area contributed by atoms with Crippen LogP contribution in [-0.4, -0.2) is 23.7 Å². The Labute approximate surface area is 191 Å². The van der Waals surface area contributed by atoms with Gasteiger partial charge in [0.2, 0.25) is 0 Å². The molecule has 0 N–H and O–H groups in total. The van der Waals surface area contributed by atoms with E-state index in [9.17, 15) is 27.9 Å². The molecule has 0 aromatic heterocycles. The molecule has 0 aliphatic heterocycles. The number of aliphatic carboxylic acids is 1. The number of ketones is 1. The molecule has 5 nitrogen and oxygen atoms in total. The maximum Gasteiger partial charge on any atom is 0.573 e. The molecule has 0 bridgehead atoms. The van der Waals surface area contributed by atoms with Crippen LogP contribution in [0.15, 0.2) is 36.4 Å². The van der Waals surface area contributed by atoms with Gasteiger partial charge in [0.15, 0.2) is 11.4 Å². The maximum atomic E-state index is 12.5. The molecule has 0 aliphatic rings. The number of carboxylic acids is 1. The van der Waals surface area contributed by atoms with Crippen LogP contribution in [-0.2, 0) is 11.2 Å². The minimum absolute atomic E-state index is 0.155. The first-order valence-electron chi connectivity index (χ1n) is 10.7. The minimum Gasteiger partial charge on any atom is -0.546 e. The molecule has 0 radical (unpaired) electrons. The Morgan fingerprint density at radius 2 is 1.55 bits per heavy atom. The maximum absolute atomic E-state index is 12.5. The molecular weight excluding hydrogens is 437 g/mol. The number of aryl methyl sites for hydroxylation is 3. The summed E-state index contributed by atoms with van der Waals surface area (Å²) in [5.74, 6) is -1.70. The van der Waals surface area contributed by atoms with Crippen LogP contribution in [0.5, 0.6) is 11.5 Å². The van der Waals surface area contributed by atoms with Crippen molar-refractivity contribution in [3.63, 3.8) is 0 Å². The summed E-state index contributed by atoms with van der Waals surface area (Å²) in [6.07, 6.45) is -3.98. The van der Waals surface area contributed by atoms with Crippen molar-refractivity contribution in [2.24, 2.45) is 5.92 Å². The first-order valence-corrected chi connectivity index (χ1v) is 10.7. The average Bonchev–Trinajstić information content (AvgIpc) is 2.70. The monoisotopic (exact) mass is 465 g/mol. The number of benzene rings is 2. The average molecular weight is 465 g/mol. The number of Topliss-reactive ketones (excluding diaryl/α,β-unsaturated/α-hetero) is 1. The third kappa shape index (κ3) is 6.49. The molecular formula is C25H28F3O5-. The number of carbonyl (C=O) groups is 2. The summed E-state index contributed by atoms with van der Waals surface area (Å²) in [6.45, 7) is 8.89. The lowest BCUT2D eigenvalue weighted by Gasteiger charge is -2.39. The lowest BCUT2D eigenvalue weighted by atomic mass is 9.87. The minimum atomic E-state index is -4.79. The molecule has 2 aromatic rings. The molecule has 1 unspecified atom stereocenters. The van der Waals surface area contributed by atoms with E-state index in [0.29, 0.717) is 12.2 Å². The second-order valence-electron chi connectivity index (χ2n) is 8.34. The summed E-state index contributed by atoms with van der Waals surface area (Å²) in [7, 11) is 0. The molecule has 2 aromatic carbocycles. The zero-order chi connectivity index (χ0) is 25.0. The van der Waals surface area contributed by atoms with Gasteiger partial charge in [-0.25, -0.2) is 0 Å². The third-order valence-corrected chi connectivity index (χ3v) is 5.66. The highest BCUT2D eigenvalue weighted by molar-refractivity contribution is 5.96. The number of hydrogen-bond acceptors (Lipinski definition) is 5. The highest BCUT2D eigenvalue weighted by atomic mass is 19.4. The molecule has 0 aliphatic carbocycles. The van der Waals surface area contributed by atoms with Gasteiger partial charge in [0.25, 0.3) is 0 Å². The molecule has 0 fully saturated rings. The van der Waals surface area contributed by atoms with E-state index in [1.54, 1.807) is 20.8 Å². The Kier molecular flexibility index (Phi) is 8.16. The smallest absolute Gasteiger partial charge is 0.546 e.